The van der Waals surface area contributed by atoms with Crippen LogP contribution in [0.3, 0.4) is 0 Å². The van der Waals surface area contributed by atoms with E-state index in [2.05, 4.69) is 69.3 Å². The van der Waals surface area contributed by atoms with Gasteiger partial charge in [-0.1, -0.05) is 18.2 Å². The summed E-state index contributed by atoms with van der Waals surface area (Å²) >= 11 is 1.75. The van der Waals surface area contributed by atoms with E-state index in [9.17, 15) is 0 Å². The summed E-state index contributed by atoms with van der Waals surface area (Å²) in [6.07, 6.45) is 1.15. The van der Waals surface area contributed by atoms with Crippen molar-refractivity contribution in [1.82, 2.24) is 9.97 Å². The Bertz CT molecular complexity index is 857. The number of hydrogen-bond donors (Lipinski definition) is 0. The molecule has 4 rings (SSSR count). The van der Waals surface area contributed by atoms with E-state index in [0.29, 0.717) is 0 Å². The van der Waals surface area contributed by atoms with Crippen LogP contribution in [-0.2, 0) is 0 Å². The highest BCUT2D eigenvalue weighted by atomic mass is 32.1. The smallest absolute Gasteiger partial charge is 0.185 e. The van der Waals surface area contributed by atoms with Crippen molar-refractivity contribution in [3.63, 3.8) is 0 Å². The number of benzene rings is 1. The topological polar surface area (TPSA) is 32.3 Å². The second-order valence-electron chi connectivity index (χ2n) is 6.40. The molecule has 124 valence electrons. The minimum absolute atomic E-state index is 1.02. The lowest BCUT2D eigenvalue weighted by Gasteiger charge is -2.25. The number of pyridine rings is 1. The second-order valence-corrected chi connectivity index (χ2v) is 7.24. The van der Waals surface area contributed by atoms with E-state index in [4.69, 9.17) is 0 Å². The van der Waals surface area contributed by atoms with Gasteiger partial charge in [-0.15, -0.1) is 11.3 Å². The molecule has 0 bridgehead atoms. The van der Waals surface area contributed by atoms with Crippen molar-refractivity contribution in [3.05, 3.63) is 47.1 Å². The van der Waals surface area contributed by atoms with Crippen LogP contribution in [0.1, 0.15) is 17.8 Å². The Hall–Kier alpha value is -2.14. The summed E-state index contributed by atoms with van der Waals surface area (Å²) in [5, 5.41) is 4.55. The summed E-state index contributed by atoms with van der Waals surface area (Å²) in [6, 6.07) is 10.7. The van der Waals surface area contributed by atoms with Crippen molar-refractivity contribution >= 4 is 33.1 Å². The molecule has 2 aromatic heterocycles. The zero-order chi connectivity index (χ0) is 16.5. The predicted molar refractivity (Wildman–Crippen MR) is 102 cm³/mol. The average molecular weight is 338 g/mol. The number of aromatic nitrogens is 2. The molecule has 0 spiro atoms. The van der Waals surface area contributed by atoms with Gasteiger partial charge in [0.1, 0.15) is 0 Å². The van der Waals surface area contributed by atoms with E-state index < -0.39 is 0 Å². The molecule has 1 saturated heterocycles. The Labute approximate surface area is 146 Å². The molecular weight excluding hydrogens is 316 g/mol. The van der Waals surface area contributed by atoms with Gasteiger partial charge in [0.05, 0.1) is 11.2 Å². The fraction of sp³-hybridized carbons (Fsp3) is 0.368. The van der Waals surface area contributed by atoms with Gasteiger partial charge in [0.25, 0.3) is 0 Å². The first-order valence-electron chi connectivity index (χ1n) is 8.49. The first-order chi connectivity index (χ1) is 11.7. The van der Waals surface area contributed by atoms with Crippen LogP contribution >= 0.6 is 11.3 Å². The highest BCUT2D eigenvalue weighted by Crippen LogP contribution is 2.28. The molecule has 1 aliphatic rings. The molecule has 3 heterocycles. The van der Waals surface area contributed by atoms with E-state index in [1.807, 2.05) is 0 Å². The summed E-state index contributed by atoms with van der Waals surface area (Å²) in [5.74, 6) is 0. The Balaban J connectivity index is 1.62. The van der Waals surface area contributed by atoms with Gasteiger partial charge in [-0.25, -0.2) is 4.98 Å². The van der Waals surface area contributed by atoms with Crippen LogP contribution in [0.4, 0.5) is 10.8 Å². The van der Waals surface area contributed by atoms with Crippen molar-refractivity contribution in [3.8, 4) is 0 Å². The van der Waals surface area contributed by atoms with E-state index >= 15 is 0 Å². The van der Waals surface area contributed by atoms with E-state index in [1.54, 1.807) is 11.3 Å². The quantitative estimate of drug-likeness (QED) is 0.706. The molecule has 5 heteroatoms. The zero-order valence-electron chi connectivity index (χ0n) is 14.2. The molecule has 1 fully saturated rings. The predicted octanol–water partition coefficient (Wildman–Crippen LogP) is 4.02. The molecule has 4 nitrogen and oxygen atoms in total. The standard InChI is InChI=1S/C19H22N4S/c1-14-12-18(16-6-3-4-7-17(16)20-14)22-8-5-9-23(11-10-22)19-21-15(2)13-24-19/h3-4,6-7,12-13H,5,8-11H2,1-2H3. The number of thiazole rings is 1. The van der Waals surface area contributed by atoms with Crippen molar-refractivity contribution in [2.45, 2.75) is 20.3 Å². The Morgan fingerprint density at radius 2 is 1.71 bits per heavy atom. The Kier molecular flexibility index (Phi) is 4.10. The van der Waals surface area contributed by atoms with Gasteiger partial charge < -0.3 is 9.80 Å². The van der Waals surface area contributed by atoms with Crippen LogP contribution < -0.4 is 9.80 Å². The molecule has 1 aliphatic heterocycles. The first-order valence-corrected chi connectivity index (χ1v) is 9.37. The summed E-state index contributed by atoms with van der Waals surface area (Å²) in [5.41, 5.74) is 4.60. The van der Waals surface area contributed by atoms with Crippen LogP contribution in [0.25, 0.3) is 10.9 Å². The van der Waals surface area contributed by atoms with Gasteiger partial charge in [-0.05, 0) is 32.4 Å². The van der Waals surface area contributed by atoms with Crippen molar-refractivity contribution in [2.24, 2.45) is 0 Å². The minimum atomic E-state index is 1.02. The lowest BCUT2D eigenvalue weighted by molar-refractivity contribution is 0.804. The van der Waals surface area contributed by atoms with Gasteiger partial charge in [0, 0.05) is 48.3 Å². The number of anilines is 2. The fourth-order valence-electron chi connectivity index (χ4n) is 3.38. The maximum Gasteiger partial charge on any atom is 0.185 e. The number of aryl methyl sites for hydroxylation is 2. The molecule has 1 aromatic carbocycles. The maximum atomic E-state index is 4.67. The number of hydrogen-bond acceptors (Lipinski definition) is 5. The van der Waals surface area contributed by atoms with E-state index in [0.717, 1.165) is 54.6 Å². The van der Waals surface area contributed by atoms with Gasteiger partial charge in [0.2, 0.25) is 0 Å². The van der Waals surface area contributed by atoms with Crippen LogP contribution in [0.5, 0.6) is 0 Å². The van der Waals surface area contributed by atoms with Crippen LogP contribution in [0, 0.1) is 13.8 Å². The van der Waals surface area contributed by atoms with Crippen LogP contribution in [-0.4, -0.2) is 36.1 Å². The number of rotatable bonds is 2. The van der Waals surface area contributed by atoms with Gasteiger partial charge >= 0.3 is 0 Å². The molecular formula is C19H22N4S. The first kappa shape index (κ1) is 15.4. The lowest BCUT2D eigenvalue weighted by atomic mass is 10.1. The lowest BCUT2D eigenvalue weighted by Crippen LogP contribution is -2.30. The maximum absolute atomic E-state index is 4.67. The molecule has 0 radical (unpaired) electrons. The summed E-state index contributed by atoms with van der Waals surface area (Å²) in [4.78, 5) is 14.3. The molecule has 0 atom stereocenters. The van der Waals surface area contributed by atoms with Crippen LogP contribution in [0.15, 0.2) is 35.7 Å². The second kappa shape index (κ2) is 6.40. The third kappa shape index (κ3) is 2.96. The van der Waals surface area contributed by atoms with Crippen molar-refractivity contribution in [1.29, 1.82) is 0 Å². The van der Waals surface area contributed by atoms with E-state index in [-0.39, 0.29) is 0 Å². The summed E-state index contributed by atoms with van der Waals surface area (Å²) in [6.45, 7) is 8.34. The number of nitrogens with zero attached hydrogens (tertiary/aromatic N) is 4. The molecule has 0 amide bonds. The monoisotopic (exact) mass is 338 g/mol. The molecule has 3 aromatic rings. The largest absolute Gasteiger partial charge is 0.369 e. The fourth-order valence-corrected chi connectivity index (χ4v) is 4.24. The molecule has 24 heavy (non-hydrogen) atoms. The summed E-state index contributed by atoms with van der Waals surface area (Å²) < 4.78 is 0. The normalized spacial score (nSPS) is 15.8. The van der Waals surface area contributed by atoms with Crippen LogP contribution in [0.2, 0.25) is 0 Å². The Morgan fingerprint density at radius 3 is 2.54 bits per heavy atom. The summed E-state index contributed by atoms with van der Waals surface area (Å²) in [7, 11) is 0. The SMILES string of the molecule is Cc1csc(N2CCCN(c3cc(C)nc4ccccc34)CC2)n1. The van der Waals surface area contributed by atoms with Crippen molar-refractivity contribution in [2.75, 3.05) is 36.0 Å². The number of para-hydroxylation sites is 1. The highest BCUT2D eigenvalue weighted by Gasteiger charge is 2.19. The number of fused-ring (bicyclic) bond motifs is 1. The van der Waals surface area contributed by atoms with Gasteiger partial charge in [-0.3, -0.25) is 4.98 Å². The third-order valence-corrected chi connectivity index (χ3v) is 5.56. The molecule has 0 unspecified atom stereocenters. The Morgan fingerprint density at radius 1 is 0.917 bits per heavy atom. The molecule has 0 saturated carbocycles. The van der Waals surface area contributed by atoms with E-state index in [1.165, 1.54) is 11.1 Å². The average Bonchev–Trinajstić information content (AvgIpc) is 2.87. The molecule has 0 N–H and O–H groups in total. The van der Waals surface area contributed by atoms with Crippen molar-refractivity contribution < 1.29 is 0 Å². The van der Waals surface area contributed by atoms with Gasteiger partial charge in [-0.2, -0.15) is 0 Å². The molecule has 0 aliphatic carbocycles. The third-order valence-electron chi connectivity index (χ3n) is 4.54. The minimum Gasteiger partial charge on any atom is -0.369 e. The zero-order valence-corrected chi connectivity index (χ0v) is 15.0. The highest BCUT2D eigenvalue weighted by molar-refractivity contribution is 7.13. The van der Waals surface area contributed by atoms with Gasteiger partial charge in [0.15, 0.2) is 5.13 Å².